The summed E-state index contributed by atoms with van der Waals surface area (Å²) in [5.74, 6) is 1.68. The zero-order valence-electron chi connectivity index (χ0n) is 27.1. The van der Waals surface area contributed by atoms with Crippen molar-refractivity contribution in [2.75, 3.05) is 0 Å². The first-order valence-corrected chi connectivity index (χ1v) is 17.0. The number of fused-ring (bicyclic) bond motifs is 9. The molecule has 0 amide bonds. The highest BCUT2D eigenvalue weighted by Gasteiger charge is 2.22. The van der Waals surface area contributed by atoms with Gasteiger partial charge in [0.2, 0.25) is 0 Å². The molecule has 238 valence electrons. The maximum absolute atomic E-state index is 6.78. The quantitative estimate of drug-likeness (QED) is 0.189. The summed E-state index contributed by atoms with van der Waals surface area (Å²) in [5.41, 5.74) is 9.05. The molecule has 0 fully saturated rings. The second kappa shape index (κ2) is 10.7. The summed E-state index contributed by atoms with van der Waals surface area (Å²) in [5, 5.41) is 6.44. The highest BCUT2D eigenvalue weighted by Crippen LogP contribution is 2.42. The fraction of sp³-hybridized carbons (Fsp3) is 0. The van der Waals surface area contributed by atoms with Crippen LogP contribution in [-0.4, -0.2) is 19.5 Å². The minimum Gasteiger partial charge on any atom is -0.456 e. The number of hydrogen-bond acceptors (Lipinski definition) is 5. The first-order valence-electron chi connectivity index (χ1n) is 17.0. The molecule has 0 bridgehead atoms. The second-order valence-electron chi connectivity index (χ2n) is 12.8. The van der Waals surface area contributed by atoms with Gasteiger partial charge in [-0.15, -0.1) is 0 Å². The Balaban J connectivity index is 1.19. The van der Waals surface area contributed by atoms with E-state index in [0.717, 1.165) is 77.3 Å². The molecule has 11 rings (SSSR count). The SMILES string of the molecule is c1ccc(-c2nc(-c3cccc4c3oc3cccc(-n5c6ccccc6c6ccccc65)c34)nc(-c3cccc4oc5ccccc5c34)n2)cc1. The smallest absolute Gasteiger partial charge is 0.167 e. The molecule has 0 aliphatic rings. The third-order valence-corrected chi connectivity index (χ3v) is 9.87. The van der Waals surface area contributed by atoms with Gasteiger partial charge in [0.1, 0.15) is 22.3 Å². The van der Waals surface area contributed by atoms with Gasteiger partial charge in [0, 0.05) is 38.1 Å². The molecule has 6 heteroatoms. The van der Waals surface area contributed by atoms with Crippen LogP contribution in [0.15, 0.2) is 167 Å². The number of nitrogens with zero attached hydrogens (tertiary/aromatic N) is 4. The first kappa shape index (κ1) is 27.9. The van der Waals surface area contributed by atoms with E-state index in [1.165, 1.54) is 10.8 Å². The Labute approximate surface area is 290 Å². The van der Waals surface area contributed by atoms with Gasteiger partial charge in [-0.05, 0) is 42.5 Å². The van der Waals surface area contributed by atoms with Crippen molar-refractivity contribution in [1.82, 2.24) is 19.5 Å². The third kappa shape index (κ3) is 4.14. The van der Waals surface area contributed by atoms with Gasteiger partial charge in [-0.25, -0.2) is 15.0 Å². The minimum atomic E-state index is 0.534. The highest BCUT2D eigenvalue weighted by atomic mass is 16.3. The van der Waals surface area contributed by atoms with Crippen molar-refractivity contribution in [3.05, 3.63) is 158 Å². The molecule has 0 unspecified atom stereocenters. The van der Waals surface area contributed by atoms with Crippen LogP contribution >= 0.6 is 0 Å². The summed E-state index contributed by atoms with van der Waals surface area (Å²) in [6.45, 7) is 0. The van der Waals surface area contributed by atoms with E-state index in [9.17, 15) is 0 Å². The van der Waals surface area contributed by atoms with Crippen LogP contribution in [0, 0.1) is 0 Å². The summed E-state index contributed by atoms with van der Waals surface area (Å²) in [6, 6.07) is 53.8. The number of hydrogen-bond donors (Lipinski definition) is 0. The van der Waals surface area contributed by atoms with E-state index in [1.807, 2.05) is 72.8 Å². The van der Waals surface area contributed by atoms with Crippen LogP contribution in [0.3, 0.4) is 0 Å². The molecule has 0 atom stereocenters. The van der Waals surface area contributed by atoms with Gasteiger partial charge in [0.15, 0.2) is 17.5 Å². The van der Waals surface area contributed by atoms with Crippen molar-refractivity contribution in [3.8, 4) is 39.9 Å². The van der Waals surface area contributed by atoms with Crippen LogP contribution in [-0.2, 0) is 0 Å². The fourth-order valence-corrected chi connectivity index (χ4v) is 7.67. The number of furan rings is 2. The molecular formula is C45H26N4O2. The van der Waals surface area contributed by atoms with Gasteiger partial charge in [0.05, 0.1) is 27.7 Å². The lowest BCUT2D eigenvalue weighted by Gasteiger charge is -2.10. The highest BCUT2D eigenvalue weighted by molar-refractivity contribution is 6.16. The summed E-state index contributed by atoms with van der Waals surface area (Å²) >= 11 is 0. The molecule has 7 aromatic carbocycles. The van der Waals surface area contributed by atoms with E-state index in [4.69, 9.17) is 23.8 Å². The number of aromatic nitrogens is 4. The van der Waals surface area contributed by atoms with Crippen LogP contribution in [0.4, 0.5) is 0 Å². The maximum atomic E-state index is 6.78. The van der Waals surface area contributed by atoms with E-state index in [0.29, 0.717) is 17.5 Å². The van der Waals surface area contributed by atoms with Gasteiger partial charge in [-0.1, -0.05) is 115 Å². The first-order chi connectivity index (χ1) is 25.3. The largest absolute Gasteiger partial charge is 0.456 e. The topological polar surface area (TPSA) is 69.9 Å². The fourth-order valence-electron chi connectivity index (χ4n) is 7.67. The standard InChI is InChI=1S/C45H26N4O2/c1-2-13-27(14-3-1)43-46-44(32-19-11-25-38-40(32)30-17-6-9-24-37(30)50-38)48-45(47-43)33-20-10-18-31-41-36(23-12-26-39(41)51-42(31)33)49-34-21-7-4-15-28(34)29-16-5-8-22-35(29)49/h1-26H. The van der Waals surface area contributed by atoms with E-state index in [2.05, 4.69) is 89.5 Å². The van der Waals surface area contributed by atoms with Crippen molar-refractivity contribution < 1.29 is 8.83 Å². The minimum absolute atomic E-state index is 0.534. The van der Waals surface area contributed by atoms with Crippen molar-refractivity contribution in [3.63, 3.8) is 0 Å². The van der Waals surface area contributed by atoms with Crippen LogP contribution in [0.25, 0.3) is 106 Å². The lowest BCUT2D eigenvalue weighted by Crippen LogP contribution is -2.00. The van der Waals surface area contributed by atoms with Gasteiger partial charge in [0.25, 0.3) is 0 Å². The molecule has 0 saturated heterocycles. The summed E-state index contributed by atoms with van der Waals surface area (Å²) in [4.78, 5) is 15.3. The third-order valence-electron chi connectivity index (χ3n) is 9.87. The number of rotatable bonds is 4. The normalized spacial score (nSPS) is 11.9. The predicted octanol–water partition coefficient (Wildman–Crippen LogP) is 11.8. The van der Waals surface area contributed by atoms with Gasteiger partial charge >= 0.3 is 0 Å². The zero-order chi connectivity index (χ0) is 33.5. The van der Waals surface area contributed by atoms with Gasteiger partial charge < -0.3 is 13.4 Å². The molecule has 0 N–H and O–H groups in total. The molecule has 0 radical (unpaired) electrons. The molecular weight excluding hydrogens is 629 g/mol. The molecule has 6 nitrogen and oxygen atoms in total. The monoisotopic (exact) mass is 654 g/mol. The molecule has 0 aliphatic heterocycles. The number of para-hydroxylation sites is 4. The summed E-state index contributed by atoms with van der Waals surface area (Å²) < 4.78 is 15.4. The van der Waals surface area contributed by atoms with Crippen molar-refractivity contribution in [2.45, 2.75) is 0 Å². The Morgan fingerprint density at radius 3 is 1.71 bits per heavy atom. The Morgan fingerprint density at radius 2 is 0.922 bits per heavy atom. The number of benzene rings is 7. The summed E-state index contributed by atoms with van der Waals surface area (Å²) in [7, 11) is 0. The van der Waals surface area contributed by atoms with Crippen molar-refractivity contribution >= 4 is 65.7 Å². The Hall–Kier alpha value is -7.05. The molecule has 4 heterocycles. The van der Waals surface area contributed by atoms with Gasteiger partial charge in [-0.2, -0.15) is 0 Å². The average molecular weight is 655 g/mol. The Kier molecular flexibility index (Phi) is 5.86. The predicted molar refractivity (Wildman–Crippen MR) is 205 cm³/mol. The van der Waals surface area contributed by atoms with Gasteiger partial charge in [-0.3, -0.25) is 0 Å². The van der Waals surface area contributed by atoms with Crippen LogP contribution < -0.4 is 0 Å². The maximum Gasteiger partial charge on any atom is 0.167 e. The molecule has 0 spiro atoms. The summed E-state index contributed by atoms with van der Waals surface area (Å²) in [6.07, 6.45) is 0. The van der Waals surface area contributed by atoms with Crippen LogP contribution in [0.5, 0.6) is 0 Å². The van der Waals surface area contributed by atoms with E-state index < -0.39 is 0 Å². The lowest BCUT2D eigenvalue weighted by atomic mass is 10.0. The Morgan fingerprint density at radius 1 is 0.373 bits per heavy atom. The molecule has 4 aromatic heterocycles. The Bertz CT molecular complexity index is 3100. The average Bonchev–Trinajstić information content (AvgIpc) is 3.88. The van der Waals surface area contributed by atoms with Crippen molar-refractivity contribution in [2.24, 2.45) is 0 Å². The second-order valence-corrected chi connectivity index (χ2v) is 12.8. The molecule has 0 saturated carbocycles. The lowest BCUT2D eigenvalue weighted by molar-refractivity contribution is 0.668. The van der Waals surface area contributed by atoms with Crippen LogP contribution in [0.2, 0.25) is 0 Å². The zero-order valence-corrected chi connectivity index (χ0v) is 27.1. The van der Waals surface area contributed by atoms with E-state index >= 15 is 0 Å². The van der Waals surface area contributed by atoms with E-state index in [1.54, 1.807) is 0 Å². The molecule has 11 aromatic rings. The van der Waals surface area contributed by atoms with E-state index in [-0.39, 0.29) is 0 Å². The van der Waals surface area contributed by atoms with Crippen LogP contribution in [0.1, 0.15) is 0 Å². The molecule has 0 aliphatic carbocycles. The molecule has 51 heavy (non-hydrogen) atoms. The van der Waals surface area contributed by atoms with Crippen molar-refractivity contribution in [1.29, 1.82) is 0 Å².